The van der Waals surface area contributed by atoms with Gasteiger partial charge in [-0.15, -0.1) is 0 Å². The molecule has 0 aromatic carbocycles. The number of fused-ring (bicyclic) bond motifs is 1. The normalized spacial score (nSPS) is 20.8. The molecule has 2 N–H and O–H groups in total. The fourth-order valence-corrected chi connectivity index (χ4v) is 5.31. The first-order valence-corrected chi connectivity index (χ1v) is 12.0. The van der Waals surface area contributed by atoms with Gasteiger partial charge in [0.25, 0.3) is 11.8 Å². The number of aromatic hydroxyl groups is 1. The molecule has 2 fully saturated rings. The van der Waals surface area contributed by atoms with Crippen LogP contribution in [0.25, 0.3) is 0 Å². The van der Waals surface area contributed by atoms with Crippen molar-refractivity contribution in [2.75, 3.05) is 71.8 Å². The summed E-state index contributed by atoms with van der Waals surface area (Å²) in [5.41, 5.74) is -1.33. The molecule has 0 unspecified atom stereocenters. The Hall–Kier alpha value is -2.63. The fraction of sp³-hybridized carbons (Fsp3) is 0.696. The van der Waals surface area contributed by atoms with E-state index in [2.05, 4.69) is 10.2 Å². The minimum Gasteiger partial charge on any atom is -0.502 e. The summed E-state index contributed by atoms with van der Waals surface area (Å²) in [4.78, 5) is 42.8. The molecule has 188 valence electrons. The molecule has 34 heavy (non-hydrogen) atoms. The molecule has 1 aromatic heterocycles. The average Bonchev–Trinajstić information content (AvgIpc) is 2.86. The van der Waals surface area contributed by atoms with Crippen molar-refractivity contribution >= 4 is 11.8 Å². The van der Waals surface area contributed by atoms with E-state index >= 15 is 0 Å². The predicted octanol–water partition coefficient (Wildman–Crippen LogP) is -0.0537. The summed E-state index contributed by atoms with van der Waals surface area (Å²) < 4.78 is 11.9. The van der Waals surface area contributed by atoms with Gasteiger partial charge in [0.1, 0.15) is 12.2 Å². The smallest absolute Gasteiger partial charge is 0.277 e. The Bertz CT molecular complexity index is 967. The summed E-state index contributed by atoms with van der Waals surface area (Å²) in [5.74, 6) is -1.74. The molecular weight excluding hydrogens is 442 g/mol. The van der Waals surface area contributed by atoms with Gasteiger partial charge in [0.2, 0.25) is 5.43 Å². The van der Waals surface area contributed by atoms with E-state index < -0.39 is 23.0 Å². The number of carbonyl (C=O) groups excluding carboxylic acids is 2. The first-order chi connectivity index (χ1) is 16.4. The Balaban J connectivity index is 1.56. The van der Waals surface area contributed by atoms with Gasteiger partial charge in [-0.25, -0.2) is 0 Å². The van der Waals surface area contributed by atoms with E-state index in [1.165, 1.54) is 29.3 Å². The van der Waals surface area contributed by atoms with Crippen LogP contribution in [0.2, 0.25) is 0 Å². The molecule has 3 heterocycles. The van der Waals surface area contributed by atoms with Crippen LogP contribution < -0.4 is 15.8 Å². The summed E-state index contributed by atoms with van der Waals surface area (Å²) in [6.07, 6.45) is 6.69. The van der Waals surface area contributed by atoms with Crippen LogP contribution in [-0.2, 0) is 9.47 Å². The van der Waals surface area contributed by atoms with Crippen LogP contribution in [0.4, 0.5) is 0 Å². The van der Waals surface area contributed by atoms with Crippen LogP contribution >= 0.6 is 0 Å². The van der Waals surface area contributed by atoms with E-state index in [-0.39, 0.29) is 23.5 Å². The van der Waals surface area contributed by atoms with Crippen LogP contribution in [0.5, 0.6) is 5.75 Å². The van der Waals surface area contributed by atoms with Gasteiger partial charge in [-0.1, -0.05) is 19.3 Å². The maximum absolute atomic E-state index is 13.2. The van der Waals surface area contributed by atoms with Crippen molar-refractivity contribution in [2.45, 2.75) is 37.6 Å². The minimum absolute atomic E-state index is 0.150. The molecule has 4 rings (SSSR count). The second-order valence-corrected chi connectivity index (χ2v) is 9.34. The number of amides is 2. The number of morpholine rings is 1. The van der Waals surface area contributed by atoms with Crippen molar-refractivity contribution in [1.29, 1.82) is 0 Å². The maximum atomic E-state index is 13.2. The zero-order chi connectivity index (χ0) is 24.3. The molecule has 1 saturated carbocycles. The van der Waals surface area contributed by atoms with Gasteiger partial charge in [0.15, 0.2) is 11.4 Å². The third-order valence-electron chi connectivity index (χ3n) is 7.25. The number of aromatic nitrogens is 1. The highest BCUT2D eigenvalue weighted by atomic mass is 16.5. The topological polar surface area (TPSA) is 117 Å². The summed E-state index contributed by atoms with van der Waals surface area (Å²) >= 11 is 0. The number of nitrogens with one attached hydrogen (secondary N) is 1. The lowest BCUT2D eigenvalue weighted by Gasteiger charge is -2.48. The molecule has 2 aliphatic heterocycles. The molecule has 0 bridgehead atoms. The first kappa shape index (κ1) is 24.5. The number of hydrogen-bond acceptors (Lipinski definition) is 8. The Morgan fingerprint density at radius 1 is 1.21 bits per heavy atom. The molecule has 1 saturated heterocycles. The zero-order valence-electron chi connectivity index (χ0n) is 20.0. The highest BCUT2D eigenvalue weighted by Gasteiger charge is 2.39. The number of rotatable bonds is 7. The lowest BCUT2D eigenvalue weighted by atomic mass is 9.79. The number of hydrogen-bond donors (Lipinski definition) is 2. The van der Waals surface area contributed by atoms with Crippen molar-refractivity contribution in [3.63, 3.8) is 0 Å². The monoisotopic (exact) mass is 477 g/mol. The van der Waals surface area contributed by atoms with Crippen LogP contribution in [0.1, 0.15) is 53.0 Å². The van der Waals surface area contributed by atoms with Gasteiger partial charge in [-0.2, -0.15) is 0 Å². The van der Waals surface area contributed by atoms with Crippen molar-refractivity contribution in [2.24, 2.45) is 0 Å². The minimum atomic E-state index is -0.844. The van der Waals surface area contributed by atoms with Gasteiger partial charge in [0, 0.05) is 52.1 Å². The lowest BCUT2D eigenvalue weighted by molar-refractivity contribution is -0.0361. The molecule has 0 spiro atoms. The highest BCUT2D eigenvalue weighted by Crippen LogP contribution is 2.34. The van der Waals surface area contributed by atoms with E-state index in [4.69, 9.17) is 9.47 Å². The summed E-state index contributed by atoms with van der Waals surface area (Å²) in [6, 6.07) is 0. The molecule has 0 atom stereocenters. The molecule has 11 heteroatoms. The van der Waals surface area contributed by atoms with Gasteiger partial charge >= 0.3 is 0 Å². The summed E-state index contributed by atoms with van der Waals surface area (Å²) in [7, 11) is 3.26. The Morgan fingerprint density at radius 3 is 2.59 bits per heavy atom. The van der Waals surface area contributed by atoms with E-state index in [0.29, 0.717) is 32.9 Å². The van der Waals surface area contributed by atoms with Crippen LogP contribution in [0.15, 0.2) is 11.0 Å². The van der Waals surface area contributed by atoms with E-state index in [1.54, 1.807) is 12.1 Å². The number of carbonyl (C=O) groups is 2. The van der Waals surface area contributed by atoms with Crippen molar-refractivity contribution in [3.05, 3.63) is 27.7 Å². The van der Waals surface area contributed by atoms with Gasteiger partial charge < -0.3 is 24.8 Å². The van der Waals surface area contributed by atoms with Gasteiger partial charge in [0.05, 0.1) is 19.8 Å². The summed E-state index contributed by atoms with van der Waals surface area (Å²) in [5, 5.41) is 15.3. The number of nitrogens with zero attached hydrogens (tertiary/aromatic N) is 4. The predicted molar refractivity (Wildman–Crippen MR) is 125 cm³/mol. The Kier molecular flexibility index (Phi) is 7.44. The second kappa shape index (κ2) is 10.3. The van der Waals surface area contributed by atoms with Crippen LogP contribution in [0, 0.1) is 0 Å². The standard InChI is InChI=1S/C23H35N5O6/c1-25-16-26(8-11-33-2)22(32)18-20(30)19(29)17(14-28(18)25)21(31)24-15-23(6-4-3-5-7-23)27-9-12-34-13-10-27/h14,30H,3-13,15-16H2,1-2H3,(H,24,31). The van der Waals surface area contributed by atoms with E-state index in [1.807, 2.05) is 0 Å². The molecule has 1 aliphatic carbocycles. The largest absolute Gasteiger partial charge is 0.502 e. The maximum Gasteiger partial charge on any atom is 0.277 e. The van der Waals surface area contributed by atoms with Crippen molar-refractivity contribution < 1.29 is 24.2 Å². The number of pyridine rings is 1. The average molecular weight is 478 g/mol. The third-order valence-corrected chi connectivity index (χ3v) is 7.25. The highest BCUT2D eigenvalue weighted by molar-refractivity contribution is 5.99. The molecular formula is C23H35N5O6. The molecule has 2 amide bonds. The van der Waals surface area contributed by atoms with E-state index in [0.717, 1.165) is 38.8 Å². The number of ether oxygens (including phenoxy) is 2. The zero-order valence-corrected chi connectivity index (χ0v) is 20.0. The first-order valence-electron chi connectivity index (χ1n) is 12.0. The molecule has 11 nitrogen and oxygen atoms in total. The SMILES string of the molecule is COCCN1CN(C)n2cc(C(=O)NCC3(N4CCOCC4)CCCCC3)c(=O)c(O)c2C1=O. The van der Waals surface area contributed by atoms with Crippen LogP contribution in [0.3, 0.4) is 0 Å². The second-order valence-electron chi connectivity index (χ2n) is 9.34. The summed E-state index contributed by atoms with van der Waals surface area (Å²) in [6.45, 7) is 4.31. The molecule has 1 aromatic rings. The van der Waals surface area contributed by atoms with E-state index in [9.17, 15) is 19.5 Å². The molecule has 3 aliphatic rings. The van der Waals surface area contributed by atoms with Gasteiger partial charge in [-0.05, 0) is 12.8 Å². The molecule has 0 radical (unpaired) electrons. The van der Waals surface area contributed by atoms with Crippen molar-refractivity contribution in [1.82, 2.24) is 19.8 Å². The van der Waals surface area contributed by atoms with Gasteiger partial charge in [-0.3, -0.25) is 29.0 Å². The third kappa shape index (κ3) is 4.64. The number of methoxy groups -OCH3 is 1. The van der Waals surface area contributed by atoms with Crippen LogP contribution in [-0.4, -0.2) is 104 Å². The lowest BCUT2D eigenvalue weighted by Crippen LogP contribution is -2.60. The quantitative estimate of drug-likeness (QED) is 0.561. The van der Waals surface area contributed by atoms with Crippen molar-refractivity contribution in [3.8, 4) is 5.75 Å². The Labute approximate surface area is 199 Å². The Morgan fingerprint density at radius 2 is 1.91 bits per heavy atom. The fourth-order valence-electron chi connectivity index (χ4n) is 5.31.